The fourth-order valence-electron chi connectivity index (χ4n) is 2.00. The largest absolute Gasteiger partial charge is 0.312 e. The molecule has 0 aliphatic carbocycles. The average molecular weight is 357 g/mol. The predicted molar refractivity (Wildman–Crippen MR) is 86.6 cm³/mol. The zero-order valence-corrected chi connectivity index (χ0v) is 14.1. The molecule has 0 aliphatic heterocycles. The molecule has 1 aromatic heterocycles. The van der Waals surface area contributed by atoms with E-state index in [0.29, 0.717) is 5.56 Å². The molecule has 0 fully saturated rings. The summed E-state index contributed by atoms with van der Waals surface area (Å²) in [6, 6.07) is 5.03. The highest BCUT2D eigenvalue weighted by molar-refractivity contribution is 9.10. The summed E-state index contributed by atoms with van der Waals surface area (Å²) in [4.78, 5) is 5.86. The van der Waals surface area contributed by atoms with Gasteiger partial charge in [-0.1, -0.05) is 26.3 Å². The van der Waals surface area contributed by atoms with Crippen molar-refractivity contribution >= 4 is 27.3 Å². The van der Waals surface area contributed by atoms with Gasteiger partial charge in [0, 0.05) is 15.9 Å². The lowest BCUT2D eigenvalue weighted by Gasteiger charge is -2.01. The van der Waals surface area contributed by atoms with Crippen LogP contribution in [0.3, 0.4) is 0 Å². The van der Waals surface area contributed by atoms with Gasteiger partial charge < -0.3 is 5.32 Å². The molecule has 0 spiro atoms. The molecule has 20 heavy (non-hydrogen) atoms. The van der Waals surface area contributed by atoms with E-state index < -0.39 is 0 Å². The Kier molecular flexibility index (Phi) is 5.69. The highest BCUT2D eigenvalue weighted by atomic mass is 79.9. The van der Waals surface area contributed by atoms with Gasteiger partial charge in [0.05, 0.1) is 11.3 Å². The lowest BCUT2D eigenvalue weighted by Crippen LogP contribution is -2.11. The van der Waals surface area contributed by atoms with Crippen molar-refractivity contribution in [1.82, 2.24) is 10.3 Å². The molecule has 5 heteroatoms. The lowest BCUT2D eigenvalue weighted by molar-refractivity contribution is 0.630. The number of nitrogens with zero attached hydrogens (tertiary/aromatic N) is 1. The number of benzene rings is 1. The second-order valence-electron chi connectivity index (χ2n) is 4.52. The van der Waals surface area contributed by atoms with Crippen LogP contribution in [0.4, 0.5) is 4.39 Å². The van der Waals surface area contributed by atoms with Crippen LogP contribution < -0.4 is 5.32 Å². The van der Waals surface area contributed by atoms with Crippen LogP contribution in [0.25, 0.3) is 10.6 Å². The summed E-state index contributed by atoms with van der Waals surface area (Å²) in [5.41, 5.74) is 1.65. The van der Waals surface area contributed by atoms with Crippen molar-refractivity contribution in [3.8, 4) is 10.6 Å². The number of halogens is 2. The second-order valence-corrected chi connectivity index (χ2v) is 6.45. The normalized spacial score (nSPS) is 11.0. The minimum Gasteiger partial charge on any atom is -0.312 e. The van der Waals surface area contributed by atoms with Gasteiger partial charge in [-0.3, -0.25) is 0 Å². The van der Waals surface area contributed by atoms with Gasteiger partial charge in [0.2, 0.25) is 0 Å². The first-order chi connectivity index (χ1) is 9.67. The molecule has 1 heterocycles. The Balaban J connectivity index is 2.41. The number of aryl methyl sites for hydroxylation is 1. The van der Waals surface area contributed by atoms with Crippen LogP contribution >= 0.6 is 27.3 Å². The summed E-state index contributed by atoms with van der Waals surface area (Å²) in [6.07, 6.45) is 1.98. The Bertz CT molecular complexity index is 563. The second kappa shape index (κ2) is 7.29. The lowest BCUT2D eigenvalue weighted by atomic mass is 10.2. The van der Waals surface area contributed by atoms with Gasteiger partial charge in [-0.15, -0.1) is 11.3 Å². The summed E-state index contributed by atoms with van der Waals surface area (Å²) >= 11 is 5.00. The van der Waals surface area contributed by atoms with E-state index in [0.717, 1.165) is 41.1 Å². The zero-order valence-electron chi connectivity index (χ0n) is 11.7. The standard InChI is InChI=1S/C15H18BrFN2S/c1-3-6-12-13(9-18-4-2)20-15(19-12)14-10(16)7-5-8-11(14)17/h5,7-8,18H,3-4,6,9H2,1-2H3. The zero-order chi connectivity index (χ0) is 14.5. The van der Waals surface area contributed by atoms with E-state index >= 15 is 0 Å². The van der Waals surface area contributed by atoms with Crippen LogP contribution in [0.1, 0.15) is 30.8 Å². The SMILES string of the molecule is CCCc1nc(-c2c(F)cccc2Br)sc1CNCC. The molecular formula is C15H18BrFN2S. The topological polar surface area (TPSA) is 24.9 Å². The van der Waals surface area contributed by atoms with Crippen molar-refractivity contribution in [2.45, 2.75) is 33.2 Å². The third kappa shape index (κ3) is 3.45. The summed E-state index contributed by atoms with van der Waals surface area (Å²) in [6.45, 7) is 5.93. The van der Waals surface area contributed by atoms with Crippen LogP contribution in [0.2, 0.25) is 0 Å². The Labute approximate surface area is 131 Å². The van der Waals surface area contributed by atoms with Gasteiger partial charge >= 0.3 is 0 Å². The molecule has 0 amide bonds. The number of thiazole rings is 1. The third-order valence-electron chi connectivity index (χ3n) is 2.98. The Morgan fingerprint density at radius 1 is 1.35 bits per heavy atom. The average Bonchev–Trinajstić information content (AvgIpc) is 2.79. The van der Waals surface area contributed by atoms with Gasteiger partial charge in [-0.2, -0.15) is 0 Å². The van der Waals surface area contributed by atoms with E-state index in [4.69, 9.17) is 0 Å². The van der Waals surface area contributed by atoms with Crippen LogP contribution in [-0.4, -0.2) is 11.5 Å². The fraction of sp³-hybridized carbons (Fsp3) is 0.400. The molecule has 1 aromatic carbocycles. The summed E-state index contributed by atoms with van der Waals surface area (Å²) in [5, 5.41) is 4.08. The van der Waals surface area contributed by atoms with Gasteiger partial charge in [-0.25, -0.2) is 9.37 Å². The van der Waals surface area contributed by atoms with E-state index in [9.17, 15) is 4.39 Å². The maximum atomic E-state index is 14.0. The van der Waals surface area contributed by atoms with Gasteiger partial charge in [0.1, 0.15) is 10.8 Å². The molecule has 0 unspecified atom stereocenters. The van der Waals surface area contributed by atoms with Crippen molar-refractivity contribution in [3.63, 3.8) is 0 Å². The monoisotopic (exact) mass is 356 g/mol. The van der Waals surface area contributed by atoms with Crippen molar-refractivity contribution in [2.75, 3.05) is 6.54 Å². The number of nitrogens with one attached hydrogen (secondary N) is 1. The van der Waals surface area contributed by atoms with Crippen LogP contribution in [-0.2, 0) is 13.0 Å². The first-order valence-electron chi connectivity index (χ1n) is 6.81. The van der Waals surface area contributed by atoms with Crippen molar-refractivity contribution in [3.05, 3.63) is 39.1 Å². The molecule has 2 rings (SSSR count). The molecule has 108 valence electrons. The summed E-state index contributed by atoms with van der Waals surface area (Å²) < 4.78 is 14.8. The van der Waals surface area contributed by atoms with E-state index in [1.807, 2.05) is 6.07 Å². The Morgan fingerprint density at radius 2 is 2.15 bits per heavy atom. The molecule has 1 N–H and O–H groups in total. The smallest absolute Gasteiger partial charge is 0.134 e. The number of aromatic nitrogens is 1. The Morgan fingerprint density at radius 3 is 2.80 bits per heavy atom. The van der Waals surface area contributed by atoms with Crippen molar-refractivity contribution < 1.29 is 4.39 Å². The molecule has 0 bridgehead atoms. The Hall–Kier alpha value is -0.780. The van der Waals surface area contributed by atoms with E-state index in [-0.39, 0.29) is 5.82 Å². The first-order valence-corrected chi connectivity index (χ1v) is 8.42. The molecule has 0 atom stereocenters. The summed E-state index contributed by atoms with van der Waals surface area (Å²) in [7, 11) is 0. The molecule has 2 aromatic rings. The number of rotatable bonds is 6. The number of hydrogen-bond donors (Lipinski definition) is 1. The minimum atomic E-state index is -0.230. The van der Waals surface area contributed by atoms with Crippen LogP contribution in [0.5, 0.6) is 0 Å². The molecule has 0 saturated carbocycles. The maximum absolute atomic E-state index is 14.0. The first kappa shape index (κ1) is 15.6. The minimum absolute atomic E-state index is 0.230. The molecule has 0 saturated heterocycles. The molecule has 0 radical (unpaired) electrons. The van der Waals surface area contributed by atoms with Gasteiger partial charge in [-0.05, 0) is 41.0 Å². The van der Waals surface area contributed by atoms with Gasteiger partial charge in [0.15, 0.2) is 0 Å². The predicted octanol–water partition coefficient (Wildman–Crippen LogP) is 4.77. The van der Waals surface area contributed by atoms with E-state index in [1.54, 1.807) is 17.4 Å². The van der Waals surface area contributed by atoms with Gasteiger partial charge in [0.25, 0.3) is 0 Å². The van der Waals surface area contributed by atoms with E-state index in [1.165, 1.54) is 10.9 Å². The third-order valence-corrected chi connectivity index (χ3v) is 4.75. The highest BCUT2D eigenvalue weighted by Gasteiger charge is 2.16. The van der Waals surface area contributed by atoms with E-state index in [2.05, 4.69) is 40.1 Å². The molecule has 0 aliphatic rings. The maximum Gasteiger partial charge on any atom is 0.134 e. The fourth-order valence-corrected chi connectivity index (χ4v) is 3.80. The van der Waals surface area contributed by atoms with Crippen molar-refractivity contribution in [1.29, 1.82) is 0 Å². The highest BCUT2D eigenvalue weighted by Crippen LogP contribution is 2.35. The number of hydrogen-bond acceptors (Lipinski definition) is 3. The quantitative estimate of drug-likeness (QED) is 0.805. The van der Waals surface area contributed by atoms with Crippen LogP contribution in [0.15, 0.2) is 22.7 Å². The molecular weight excluding hydrogens is 339 g/mol. The summed E-state index contributed by atoms with van der Waals surface area (Å²) in [5.74, 6) is -0.230. The van der Waals surface area contributed by atoms with Crippen molar-refractivity contribution in [2.24, 2.45) is 0 Å². The van der Waals surface area contributed by atoms with Crippen LogP contribution in [0, 0.1) is 5.82 Å². The molecule has 2 nitrogen and oxygen atoms in total.